The van der Waals surface area contributed by atoms with Crippen molar-refractivity contribution in [1.82, 2.24) is 24.2 Å². The number of morpholine rings is 1. The first-order chi connectivity index (χ1) is 17.7. The van der Waals surface area contributed by atoms with Crippen LogP contribution >= 0.6 is 0 Å². The number of benzene rings is 1. The molecule has 188 valence electrons. The van der Waals surface area contributed by atoms with Crippen LogP contribution < -0.4 is 15.9 Å². The Morgan fingerprint density at radius 2 is 1.81 bits per heavy atom. The van der Waals surface area contributed by atoms with Gasteiger partial charge in [-0.25, -0.2) is 0 Å². The summed E-state index contributed by atoms with van der Waals surface area (Å²) >= 11 is 0. The quantitative estimate of drug-likeness (QED) is 0.344. The monoisotopic (exact) mass is 489 g/mol. The zero-order chi connectivity index (χ0) is 24.7. The minimum absolute atomic E-state index is 0.105. The van der Waals surface area contributed by atoms with Gasteiger partial charge in [-0.1, -0.05) is 24.3 Å². The topological polar surface area (TPSA) is 94.4 Å². The molecule has 0 aliphatic carbocycles. The second-order valence-electron chi connectivity index (χ2n) is 8.91. The van der Waals surface area contributed by atoms with Crippen LogP contribution in [0.1, 0.15) is 17.8 Å². The van der Waals surface area contributed by atoms with Gasteiger partial charge in [0, 0.05) is 37.6 Å². The van der Waals surface area contributed by atoms with Gasteiger partial charge in [-0.15, -0.1) is 0 Å². The van der Waals surface area contributed by atoms with Crippen molar-refractivity contribution in [2.75, 3.05) is 39.5 Å². The second-order valence-corrected chi connectivity index (χ2v) is 8.91. The van der Waals surface area contributed by atoms with Crippen molar-refractivity contribution in [2.24, 2.45) is 0 Å². The summed E-state index contributed by atoms with van der Waals surface area (Å²) in [5, 5.41) is 3.74. The van der Waals surface area contributed by atoms with Crippen LogP contribution in [0.5, 0.6) is 5.75 Å². The summed E-state index contributed by atoms with van der Waals surface area (Å²) in [7, 11) is 0. The number of ether oxygens (including phenoxy) is 2. The van der Waals surface area contributed by atoms with Crippen molar-refractivity contribution in [2.45, 2.75) is 25.9 Å². The van der Waals surface area contributed by atoms with Gasteiger partial charge in [0.1, 0.15) is 5.75 Å². The normalized spacial score (nSPS) is 14.3. The van der Waals surface area contributed by atoms with Gasteiger partial charge in [-0.2, -0.15) is 0 Å². The summed E-state index contributed by atoms with van der Waals surface area (Å²) < 4.78 is 14.6. The fourth-order valence-electron chi connectivity index (χ4n) is 4.61. The molecule has 1 aliphatic heterocycles. The van der Waals surface area contributed by atoms with Crippen molar-refractivity contribution in [3.05, 3.63) is 92.9 Å². The molecule has 36 heavy (non-hydrogen) atoms. The Balaban J connectivity index is 1.43. The van der Waals surface area contributed by atoms with E-state index in [1.807, 2.05) is 48.5 Å². The Hall–Kier alpha value is -3.69. The molecule has 4 heterocycles. The smallest absolute Gasteiger partial charge is 0.276 e. The minimum atomic E-state index is -0.159. The fraction of sp³-hybridized carbons (Fsp3) is 0.370. The fourth-order valence-corrected chi connectivity index (χ4v) is 4.61. The van der Waals surface area contributed by atoms with E-state index in [2.05, 4.69) is 15.0 Å². The number of fused-ring (bicyclic) bond motifs is 1. The lowest BCUT2D eigenvalue weighted by Gasteiger charge is -2.26. The maximum absolute atomic E-state index is 13.5. The van der Waals surface area contributed by atoms with Crippen LogP contribution in [-0.4, -0.2) is 63.7 Å². The van der Waals surface area contributed by atoms with Crippen LogP contribution in [0, 0.1) is 0 Å². The highest BCUT2D eigenvalue weighted by Crippen LogP contribution is 2.16. The minimum Gasteiger partial charge on any atom is -0.494 e. The summed E-state index contributed by atoms with van der Waals surface area (Å²) in [4.78, 5) is 33.4. The maximum Gasteiger partial charge on any atom is 0.276 e. The SMILES string of the molecule is O=c1c2c(CCCOc3ccccc3)n(Cc3ccccn3)c(=O)cc2[nH]n1CCN1CCOCC1. The molecule has 0 saturated carbocycles. The molecule has 0 unspecified atom stereocenters. The highest BCUT2D eigenvalue weighted by Gasteiger charge is 2.18. The predicted molar refractivity (Wildman–Crippen MR) is 138 cm³/mol. The standard InChI is InChI=1S/C27H31N5O4/c33-25-19-23-26(27(34)32(29-23)13-12-30-14-17-35-18-15-30)24(31(25)20-21-7-4-5-11-28-21)10-6-16-36-22-8-2-1-3-9-22/h1-5,7-9,11,19,29H,6,10,12-18,20H2. The van der Waals surface area contributed by atoms with E-state index in [-0.39, 0.29) is 11.1 Å². The van der Waals surface area contributed by atoms with Crippen molar-refractivity contribution in [3.63, 3.8) is 0 Å². The molecule has 0 atom stereocenters. The average Bonchev–Trinajstić information content (AvgIpc) is 3.23. The van der Waals surface area contributed by atoms with E-state index >= 15 is 0 Å². The van der Waals surface area contributed by atoms with E-state index in [4.69, 9.17) is 9.47 Å². The molecular formula is C27H31N5O4. The average molecular weight is 490 g/mol. The third kappa shape index (κ3) is 5.58. The maximum atomic E-state index is 13.5. The Morgan fingerprint density at radius 1 is 1.00 bits per heavy atom. The van der Waals surface area contributed by atoms with Crippen molar-refractivity contribution >= 4 is 10.9 Å². The lowest BCUT2D eigenvalue weighted by Crippen LogP contribution is -2.39. The van der Waals surface area contributed by atoms with Gasteiger partial charge < -0.3 is 14.0 Å². The molecule has 1 aromatic carbocycles. The van der Waals surface area contributed by atoms with Gasteiger partial charge in [-0.05, 0) is 37.1 Å². The second kappa shape index (κ2) is 11.4. The molecule has 1 saturated heterocycles. The Bertz CT molecular complexity index is 1390. The first-order valence-electron chi connectivity index (χ1n) is 12.4. The van der Waals surface area contributed by atoms with E-state index in [1.165, 1.54) is 6.07 Å². The Kier molecular flexibility index (Phi) is 7.58. The van der Waals surface area contributed by atoms with Crippen molar-refractivity contribution in [1.29, 1.82) is 0 Å². The number of H-pyrrole nitrogens is 1. The number of hydrogen-bond donors (Lipinski definition) is 1. The summed E-state index contributed by atoms with van der Waals surface area (Å²) in [5.74, 6) is 0.800. The highest BCUT2D eigenvalue weighted by molar-refractivity contribution is 5.80. The molecule has 3 aromatic heterocycles. The number of aryl methyl sites for hydroxylation is 1. The zero-order valence-electron chi connectivity index (χ0n) is 20.3. The molecule has 5 rings (SSSR count). The lowest BCUT2D eigenvalue weighted by molar-refractivity contribution is 0.0359. The summed E-state index contributed by atoms with van der Waals surface area (Å²) in [6, 6.07) is 16.8. The van der Waals surface area contributed by atoms with Gasteiger partial charge in [0.15, 0.2) is 0 Å². The van der Waals surface area contributed by atoms with Gasteiger partial charge in [0.05, 0.1) is 49.5 Å². The van der Waals surface area contributed by atoms with Crippen LogP contribution in [0.15, 0.2) is 70.4 Å². The molecule has 1 fully saturated rings. The Morgan fingerprint density at radius 3 is 2.58 bits per heavy atom. The van der Waals surface area contributed by atoms with Crippen LogP contribution in [0.3, 0.4) is 0 Å². The lowest BCUT2D eigenvalue weighted by atomic mass is 10.1. The molecule has 0 spiro atoms. The molecule has 9 heteroatoms. The summed E-state index contributed by atoms with van der Waals surface area (Å²) in [6.45, 7) is 5.20. The molecule has 0 amide bonds. The van der Waals surface area contributed by atoms with Crippen LogP contribution in [0.4, 0.5) is 0 Å². The number of rotatable bonds is 10. The van der Waals surface area contributed by atoms with Gasteiger partial charge >= 0.3 is 0 Å². The predicted octanol–water partition coefficient (Wildman–Crippen LogP) is 2.28. The van der Waals surface area contributed by atoms with Crippen LogP contribution in [0.2, 0.25) is 0 Å². The summed E-state index contributed by atoms with van der Waals surface area (Å²) in [6.07, 6.45) is 2.90. The highest BCUT2D eigenvalue weighted by atomic mass is 16.5. The number of hydrogen-bond acceptors (Lipinski definition) is 6. The summed E-state index contributed by atoms with van der Waals surface area (Å²) in [5.41, 5.74) is 1.79. The first-order valence-corrected chi connectivity index (χ1v) is 12.4. The number of para-hydroxylation sites is 1. The molecule has 1 N–H and O–H groups in total. The van der Waals surface area contributed by atoms with Gasteiger partial charge in [-0.3, -0.25) is 29.3 Å². The first kappa shape index (κ1) is 24.0. The van der Waals surface area contributed by atoms with Crippen molar-refractivity contribution in [3.8, 4) is 5.75 Å². The van der Waals surface area contributed by atoms with E-state index in [0.29, 0.717) is 62.3 Å². The van der Waals surface area contributed by atoms with E-state index < -0.39 is 0 Å². The number of aromatic amines is 1. The van der Waals surface area contributed by atoms with E-state index in [0.717, 1.165) is 31.1 Å². The Labute approximate surface area is 208 Å². The third-order valence-electron chi connectivity index (χ3n) is 6.49. The van der Waals surface area contributed by atoms with E-state index in [9.17, 15) is 9.59 Å². The molecule has 0 radical (unpaired) electrons. The zero-order valence-corrected chi connectivity index (χ0v) is 20.3. The number of nitrogens with zero attached hydrogens (tertiary/aromatic N) is 4. The largest absolute Gasteiger partial charge is 0.494 e. The molecule has 9 nitrogen and oxygen atoms in total. The van der Waals surface area contributed by atoms with Gasteiger partial charge in [0.2, 0.25) is 0 Å². The third-order valence-corrected chi connectivity index (χ3v) is 6.49. The van der Waals surface area contributed by atoms with Crippen molar-refractivity contribution < 1.29 is 9.47 Å². The number of nitrogens with one attached hydrogen (secondary N) is 1. The molecule has 4 aromatic rings. The van der Waals surface area contributed by atoms with Crippen LogP contribution in [-0.2, 0) is 24.2 Å². The van der Waals surface area contributed by atoms with Gasteiger partial charge in [0.25, 0.3) is 11.1 Å². The van der Waals surface area contributed by atoms with Crippen LogP contribution in [0.25, 0.3) is 10.9 Å². The number of pyridine rings is 2. The van der Waals surface area contributed by atoms with E-state index in [1.54, 1.807) is 15.4 Å². The molecule has 0 bridgehead atoms. The molecular weight excluding hydrogens is 458 g/mol. The number of aromatic nitrogens is 4. The molecule has 1 aliphatic rings.